The van der Waals surface area contributed by atoms with Crippen LogP contribution >= 0.6 is 0 Å². The Balaban J connectivity index is 2.00. The first-order chi connectivity index (χ1) is 13.3. The maximum atomic E-state index is 12.1. The smallest absolute Gasteiger partial charge is 0.220 e. The maximum absolute atomic E-state index is 12.1. The van der Waals surface area contributed by atoms with Crippen molar-refractivity contribution in [2.24, 2.45) is 0 Å². The number of nitrogen functional groups attached to an aromatic ring is 1. The monoisotopic (exact) mass is 380 g/mol. The summed E-state index contributed by atoms with van der Waals surface area (Å²) in [6.45, 7) is 8.61. The molecule has 0 radical (unpaired) electrons. The van der Waals surface area contributed by atoms with E-state index in [0.717, 1.165) is 29.5 Å². The molecule has 0 aliphatic heterocycles. The summed E-state index contributed by atoms with van der Waals surface area (Å²) < 4.78 is 1.84. The highest BCUT2D eigenvalue weighted by molar-refractivity contribution is 5.98. The summed E-state index contributed by atoms with van der Waals surface area (Å²) in [6, 6.07) is 8.12. The molecule has 28 heavy (non-hydrogen) atoms. The van der Waals surface area contributed by atoms with Gasteiger partial charge in [0.15, 0.2) is 5.65 Å². The van der Waals surface area contributed by atoms with Crippen LogP contribution in [-0.4, -0.2) is 32.2 Å². The highest BCUT2D eigenvalue weighted by Gasteiger charge is 2.28. The first-order valence-corrected chi connectivity index (χ1v) is 9.67. The van der Waals surface area contributed by atoms with Gasteiger partial charge >= 0.3 is 0 Å². The van der Waals surface area contributed by atoms with Gasteiger partial charge in [0.2, 0.25) is 5.91 Å². The highest BCUT2D eigenvalue weighted by atomic mass is 16.1. The van der Waals surface area contributed by atoms with Crippen LogP contribution in [0.3, 0.4) is 0 Å². The molecular weight excluding hydrogens is 352 g/mol. The van der Waals surface area contributed by atoms with Crippen LogP contribution in [0.15, 0.2) is 30.6 Å². The Labute approximate surface area is 165 Å². The number of fused-ring (bicyclic) bond motifs is 1. The van der Waals surface area contributed by atoms with Gasteiger partial charge in [-0.2, -0.15) is 5.10 Å². The number of benzene rings is 1. The van der Waals surface area contributed by atoms with E-state index < -0.39 is 5.54 Å². The molecule has 0 saturated carbocycles. The molecule has 0 atom stereocenters. The lowest BCUT2D eigenvalue weighted by Crippen LogP contribution is -2.41. The largest absolute Gasteiger partial charge is 0.383 e. The molecule has 3 rings (SSSR count). The number of unbranched alkanes of at least 4 members (excludes halogenated alkanes) is 1. The lowest BCUT2D eigenvalue weighted by atomic mass is 10.1. The number of carbonyl (C=O) groups is 1. The highest BCUT2D eigenvalue weighted by Crippen LogP contribution is 2.32. The Morgan fingerprint density at radius 1 is 1.21 bits per heavy atom. The van der Waals surface area contributed by atoms with E-state index in [9.17, 15) is 4.79 Å². The third-order valence-corrected chi connectivity index (χ3v) is 4.87. The number of nitrogens with two attached hydrogens (primary N) is 1. The van der Waals surface area contributed by atoms with E-state index >= 15 is 0 Å². The number of amides is 1. The first-order valence-electron chi connectivity index (χ1n) is 9.67. The molecule has 3 aromatic rings. The Bertz CT molecular complexity index is 974. The molecule has 0 unspecified atom stereocenters. The van der Waals surface area contributed by atoms with Crippen molar-refractivity contribution in [3.63, 3.8) is 0 Å². The lowest BCUT2D eigenvalue weighted by Gasteiger charge is -2.26. The number of carbonyl (C=O) groups excluding carboxylic acids is 1. The fourth-order valence-electron chi connectivity index (χ4n) is 3.13. The Morgan fingerprint density at radius 3 is 2.61 bits per heavy atom. The van der Waals surface area contributed by atoms with Crippen molar-refractivity contribution in [2.45, 2.75) is 52.5 Å². The van der Waals surface area contributed by atoms with Gasteiger partial charge in [0.05, 0.1) is 10.9 Å². The predicted octanol–water partition coefficient (Wildman–Crippen LogP) is 3.43. The van der Waals surface area contributed by atoms with E-state index in [1.165, 1.54) is 11.9 Å². The van der Waals surface area contributed by atoms with Crippen LogP contribution in [0.2, 0.25) is 0 Å². The van der Waals surface area contributed by atoms with Crippen molar-refractivity contribution >= 4 is 22.8 Å². The van der Waals surface area contributed by atoms with Gasteiger partial charge in [0.25, 0.3) is 0 Å². The molecule has 3 N–H and O–H groups in total. The summed E-state index contributed by atoms with van der Waals surface area (Å²) in [4.78, 5) is 20.7. The first kappa shape index (κ1) is 19.8. The van der Waals surface area contributed by atoms with E-state index in [1.807, 2.05) is 49.7 Å². The van der Waals surface area contributed by atoms with Crippen molar-refractivity contribution in [3.05, 3.63) is 36.2 Å². The van der Waals surface area contributed by atoms with E-state index in [1.54, 1.807) is 0 Å². The van der Waals surface area contributed by atoms with E-state index in [4.69, 9.17) is 10.8 Å². The summed E-state index contributed by atoms with van der Waals surface area (Å²) >= 11 is 0. The topological polar surface area (TPSA) is 98.7 Å². The quantitative estimate of drug-likeness (QED) is 0.654. The maximum Gasteiger partial charge on any atom is 0.220 e. The van der Waals surface area contributed by atoms with Crippen LogP contribution in [0.5, 0.6) is 0 Å². The van der Waals surface area contributed by atoms with Gasteiger partial charge < -0.3 is 11.1 Å². The Kier molecular flexibility index (Phi) is 5.63. The molecule has 0 aliphatic carbocycles. The zero-order chi connectivity index (χ0) is 20.3. The third-order valence-electron chi connectivity index (χ3n) is 4.87. The number of hydrogen-bond donors (Lipinski definition) is 2. The summed E-state index contributed by atoms with van der Waals surface area (Å²) in [5.74, 6) is 0.453. The summed E-state index contributed by atoms with van der Waals surface area (Å²) in [7, 11) is 0. The van der Waals surface area contributed by atoms with E-state index in [2.05, 4.69) is 22.2 Å². The second-order valence-electron chi connectivity index (χ2n) is 7.78. The van der Waals surface area contributed by atoms with Crippen LogP contribution in [0, 0.1) is 6.92 Å². The van der Waals surface area contributed by atoms with Gasteiger partial charge in [0.1, 0.15) is 17.8 Å². The van der Waals surface area contributed by atoms with Gasteiger partial charge in [-0.1, -0.05) is 43.2 Å². The molecule has 148 valence electrons. The van der Waals surface area contributed by atoms with E-state index in [-0.39, 0.29) is 5.91 Å². The minimum Gasteiger partial charge on any atom is -0.383 e. The summed E-state index contributed by atoms with van der Waals surface area (Å²) in [6.07, 6.45) is 3.87. The molecule has 0 saturated heterocycles. The van der Waals surface area contributed by atoms with Gasteiger partial charge in [-0.15, -0.1) is 0 Å². The molecule has 0 bridgehead atoms. The second-order valence-corrected chi connectivity index (χ2v) is 7.78. The fourth-order valence-corrected chi connectivity index (χ4v) is 3.13. The molecule has 1 aromatic carbocycles. The number of anilines is 1. The molecule has 0 fully saturated rings. The molecule has 1 amide bonds. The van der Waals surface area contributed by atoms with Crippen LogP contribution < -0.4 is 11.1 Å². The molecule has 7 heteroatoms. The molecule has 7 nitrogen and oxygen atoms in total. The van der Waals surface area contributed by atoms with Crippen molar-refractivity contribution in [1.29, 1.82) is 0 Å². The summed E-state index contributed by atoms with van der Waals surface area (Å²) in [5.41, 5.74) is 9.24. The number of nitrogens with zero attached hydrogens (tertiary/aromatic N) is 4. The second kappa shape index (κ2) is 7.96. The average molecular weight is 380 g/mol. The number of rotatable bonds is 7. The minimum atomic E-state index is -0.482. The SMILES string of the molecule is CCCCC(=O)NCC(C)(C)n1nc(-c2ccc(C)cc2)c2c(N)ncnc21. The molecular formula is C21H28N6O. The van der Waals surface area contributed by atoms with Crippen LogP contribution in [0.4, 0.5) is 5.82 Å². The molecule has 0 spiro atoms. The van der Waals surface area contributed by atoms with E-state index in [0.29, 0.717) is 24.4 Å². The van der Waals surface area contributed by atoms with Gasteiger partial charge in [-0.3, -0.25) is 4.79 Å². The molecule has 2 heterocycles. The Hall–Kier alpha value is -2.96. The normalized spacial score (nSPS) is 11.7. The van der Waals surface area contributed by atoms with Gasteiger partial charge in [-0.05, 0) is 27.2 Å². The van der Waals surface area contributed by atoms with Crippen molar-refractivity contribution in [2.75, 3.05) is 12.3 Å². The zero-order valence-electron chi connectivity index (χ0n) is 17.0. The summed E-state index contributed by atoms with van der Waals surface area (Å²) in [5, 5.41) is 8.60. The average Bonchev–Trinajstić information content (AvgIpc) is 3.07. The standard InChI is InChI=1S/C21H28N6O/c1-5-6-7-16(28)23-12-21(3,4)27-20-17(19(22)24-13-25-20)18(26-27)15-10-8-14(2)9-11-15/h8-11,13H,5-7,12H2,1-4H3,(H,23,28)(H2,22,24,25). The number of aryl methyl sites for hydroxylation is 1. The van der Waals surface area contributed by atoms with Crippen LogP contribution in [0.1, 0.15) is 45.6 Å². The number of hydrogen-bond acceptors (Lipinski definition) is 5. The number of aromatic nitrogens is 4. The fraction of sp³-hybridized carbons (Fsp3) is 0.429. The number of nitrogens with one attached hydrogen (secondary N) is 1. The lowest BCUT2D eigenvalue weighted by molar-refractivity contribution is -0.121. The minimum absolute atomic E-state index is 0.0549. The van der Waals surface area contributed by atoms with Crippen molar-refractivity contribution in [1.82, 2.24) is 25.1 Å². The Morgan fingerprint density at radius 2 is 1.93 bits per heavy atom. The predicted molar refractivity (Wildman–Crippen MR) is 112 cm³/mol. The third kappa shape index (κ3) is 3.98. The zero-order valence-corrected chi connectivity index (χ0v) is 17.0. The van der Waals surface area contributed by atoms with Gasteiger partial charge in [0, 0.05) is 18.5 Å². The molecule has 2 aromatic heterocycles. The van der Waals surface area contributed by atoms with Gasteiger partial charge in [-0.25, -0.2) is 14.6 Å². The van der Waals surface area contributed by atoms with Crippen LogP contribution in [0.25, 0.3) is 22.3 Å². The molecule has 0 aliphatic rings. The van der Waals surface area contributed by atoms with Crippen molar-refractivity contribution in [3.8, 4) is 11.3 Å². The van der Waals surface area contributed by atoms with Crippen LogP contribution in [-0.2, 0) is 10.3 Å². The van der Waals surface area contributed by atoms with Crippen molar-refractivity contribution < 1.29 is 4.79 Å².